The van der Waals surface area contributed by atoms with Crippen LogP contribution < -0.4 is 15.1 Å². The Balaban J connectivity index is 1.79. The topological polar surface area (TPSA) is 54.0 Å². The van der Waals surface area contributed by atoms with Gasteiger partial charge in [-0.3, -0.25) is 4.79 Å². The summed E-state index contributed by atoms with van der Waals surface area (Å²) in [4.78, 5) is 17.6. The summed E-state index contributed by atoms with van der Waals surface area (Å²) in [7, 11) is 1.67. The van der Waals surface area contributed by atoms with Gasteiger partial charge in [0.1, 0.15) is 0 Å². The zero-order valence-electron chi connectivity index (χ0n) is 15.6. The van der Waals surface area contributed by atoms with E-state index in [0.29, 0.717) is 19.8 Å². The Morgan fingerprint density at radius 3 is 2.81 bits per heavy atom. The molecule has 6 heteroatoms. The van der Waals surface area contributed by atoms with E-state index in [2.05, 4.69) is 28.4 Å². The molecule has 0 aromatic heterocycles. The van der Waals surface area contributed by atoms with E-state index in [-0.39, 0.29) is 11.9 Å². The van der Waals surface area contributed by atoms with Crippen molar-refractivity contribution in [2.24, 2.45) is 0 Å². The average Bonchev–Trinajstić information content (AvgIpc) is 3.27. The van der Waals surface area contributed by atoms with Crippen molar-refractivity contribution in [1.82, 2.24) is 5.32 Å². The molecule has 3 aliphatic rings. The molecule has 3 heterocycles. The monoisotopic (exact) mass is 357 g/mol. The van der Waals surface area contributed by atoms with Gasteiger partial charge in [0.25, 0.3) is 5.91 Å². The van der Waals surface area contributed by atoms with Crippen molar-refractivity contribution in [1.29, 1.82) is 0 Å². The number of nitrogens with zero attached hydrogens (tertiary/aromatic N) is 2. The lowest BCUT2D eigenvalue weighted by Crippen LogP contribution is -2.39. The third-order valence-corrected chi connectivity index (χ3v) is 5.39. The second-order valence-electron chi connectivity index (χ2n) is 7.21. The molecular formula is C20H27N3O3. The van der Waals surface area contributed by atoms with E-state index in [9.17, 15) is 4.79 Å². The highest BCUT2D eigenvalue weighted by Gasteiger charge is 2.38. The maximum Gasteiger partial charge on any atom is 0.261 e. The van der Waals surface area contributed by atoms with Crippen LogP contribution in [0.1, 0.15) is 25.3 Å². The molecule has 0 aliphatic carbocycles. The Morgan fingerprint density at radius 1 is 1.31 bits per heavy atom. The third-order valence-electron chi connectivity index (χ3n) is 5.39. The first-order valence-corrected chi connectivity index (χ1v) is 9.47. The van der Waals surface area contributed by atoms with Crippen LogP contribution in [0.5, 0.6) is 0 Å². The van der Waals surface area contributed by atoms with Crippen molar-refractivity contribution in [3.05, 3.63) is 29.5 Å². The highest BCUT2D eigenvalue weighted by molar-refractivity contribution is 6.33. The van der Waals surface area contributed by atoms with Crippen LogP contribution >= 0.6 is 0 Å². The minimum absolute atomic E-state index is 0.0218. The Kier molecular flexibility index (Phi) is 4.87. The van der Waals surface area contributed by atoms with Gasteiger partial charge >= 0.3 is 0 Å². The van der Waals surface area contributed by atoms with Gasteiger partial charge in [-0.25, -0.2) is 0 Å². The molecule has 1 amide bonds. The quantitative estimate of drug-likeness (QED) is 0.836. The maximum absolute atomic E-state index is 13.3. The molecule has 6 nitrogen and oxygen atoms in total. The van der Waals surface area contributed by atoms with Crippen molar-refractivity contribution in [2.75, 3.05) is 56.4 Å². The molecule has 2 fully saturated rings. The minimum Gasteiger partial charge on any atom is -0.383 e. The number of nitrogens with one attached hydrogen (secondary N) is 1. The number of carbonyl (C=O) groups is 1. The van der Waals surface area contributed by atoms with Crippen LogP contribution in [0.2, 0.25) is 0 Å². The molecule has 3 aliphatic heterocycles. The van der Waals surface area contributed by atoms with Crippen molar-refractivity contribution < 1.29 is 14.3 Å². The van der Waals surface area contributed by atoms with Crippen LogP contribution in [-0.2, 0) is 14.3 Å². The van der Waals surface area contributed by atoms with Crippen molar-refractivity contribution in [3.63, 3.8) is 0 Å². The summed E-state index contributed by atoms with van der Waals surface area (Å²) in [6.07, 6.45) is 2.46. The molecule has 26 heavy (non-hydrogen) atoms. The fourth-order valence-electron chi connectivity index (χ4n) is 4.16. The maximum atomic E-state index is 13.3. The largest absolute Gasteiger partial charge is 0.383 e. The fraction of sp³-hybridized carbons (Fsp3) is 0.550. The van der Waals surface area contributed by atoms with Crippen molar-refractivity contribution >= 4 is 22.9 Å². The molecular weight excluding hydrogens is 330 g/mol. The molecule has 0 bridgehead atoms. The lowest BCUT2D eigenvalue weighted by atomic mass is 10.0. The predicted octanol–water partition coefficient (Wildman–Crippen LogP) is 2.00. The number of morpholine rings is 1. The van der Waals surface area contributed by atoms with Gasteiger partial charge in [0.05, 0.1) is 42.8 Å². The number of rotatable bonds is 4. The van der Waals surface area contributed by atoms with Gasteiger partial charge in [-0.1, -0.05) is 0 Å². The van der Waals surface area contributed by atoms with E-state index in [0.717, 1.165) is 42.2 Å². The number of benzene rings is 1. The summed E-state index contributed by atoms with van der Waals surface area (Å²) < 4.78 is 10.9. The van der Waals surface area contributed by atoms with Crippen LogP contribution in [0, 0.1) is 0 Å². The van der Waals surface area contributed by atoms with Crippen LogP contribution in [0.25, 0.3) is 5.57 Å². The fourth-order valence-corrected chi connectivity index (χ4v) is 4.16. The summed E-state index contributed by atoms with van der Waals surface area (Å²) in [5.41, 5.74) is 4.83. The number of carbonyl (C=O) groups excluding carboxylic acids is 1. The number of ether oxygens (including phenoxy) is 2. The van der Waals surface area contributed by atoms with Gasteiger partial charge in [-0.05, 0) is 38.0 Å². The number of hydrogen-bond donors (Lipinski definition) is 1. The molecule has 0 radical (unpaired) electrons. The first kappa shape index (κ1) is 17.4. The molecule has 140 valence electrons. The number of anilines is 2. The number of amides is 1. The molecule has 1 unspecified atom stereocenters. The second-order valence-corrected chi connectivity index (χ2v) is 7.21. The smallest absolute Gasteiger partial charge is 0.261 e. The van der Waals surface area contributed by atoms with Gasteiger partial charge in [-0.15, -0.1) is 0 Å². The predicted molar refractivity (Wildman–Crippen MR) is 102 cm³/mol. The first-order chi connectivity index (χ1) is 12.7. The molecule has 2 saturated heterocycles. The van der Waals surface area contributed by atoms with Gasteiger partial charge in [0.15, 0.2) is 0 Å². The number of methoxy groups -OCH3 is 1. The summed E-state index contributed by atoms with van der Waals surface area (Å²) >= 11 is 0. The lowest BCUT2D eigenvalue weighted by Gasteiger charge is -2.25. The van der Waals surface area contributed by atoms with Crippen LogP contribution in [0.4, 0.5) is 11.4 Å². The molecule has 1 N–H and O–H groups in total. The zero-order chi connectivity index (χ0) is 18.1. The minimum atomic E-state index is -0.0218. The Labute approximate surface area is 154 Å². The summed E-state index contributed by atoms with van der Waals surface area (Å²) in [5.74, 6) is 0.0381. The first-order valence-electron chi connectivity index (χ1n) is 9.47. The third kappa shape index (κ3) is 2.97. The Hall–Kier alpha value is -2.05. The van der Waals surface area contributed by atoms with E-state index < -0.39 is 0 Å². The van der Waals surface area contributed by atoms with Crippen LogP contribution in [-0.4, -0.2) is 58.5 Å². The highest BCUT2D eigenvalue weighted by atomic mass is 16.5. The van der Waals surface area contributed by atoms with E-state index >= 15 is 0 Å². The normalized spacial score (nSPS) is 24.0. The highest BCUT2D eigenvalue weighted by Crippen LogP contribution is 2.42. The van der Waals surface area contributed by atoms with E-state index in [1.165, 1.54) is 18.5 Å². The van der Waals surface area contributed by atoms with E-state index in [1.54, 1.807) is 7.11 Å². The number of fused-ring (bicyclic) bond motifs is 1. The second kappa shape index (κ2) is 7.29. The molecule has 0 spiro atoms. The van der Waals surface area contributed by atoms with Crippen LogP contribution in [0.3, 0.4) is 0 Å². The van der Waals surface area contributed by atoms with E-state index in [1.807, 2.05) is 11.8 Å². The summed E-state index contributed by atoms with van der Waals surface area (Å²) in [5, 5.41) is 3.38. The van der Waals surface area contributed by atoms with Gasteiger partial charge < -0.3 is 24.6 Å². The van der Waals surface area contributed by atoms with Crippen LogP contribution in [0.15, 0.2) is 23.9 Å². The molecule has 4 rings (SSSR count). The van der Waals surface area contributed by atoms with Gasteiger partial charge in [0, 0.05) is 38.0 Å². The molecule has 1 atom stereocenters. The summed E-state index contributed by atoms with van der Waals surface area (Å²) in [6, 6.07) is 6.38. The standard InChI is InChI=1S/C20H27N3O3/c1-14(12-25-2)23-18-6-5-15(22-8-3-4-9-22)11-16(18)19(20(23)24)17-13-26-10-7-21-17/h5-6,11,14,21H,3-4,7-10,12-13H2,1-2H3/b19-17-. The Bertz CT molecular complexity index is 717. The van der Waals surface area contributed by atoms with E-state index in [4.69, 9.17) is 9.47 Å². The molecule has 1 aromatic rings. The van der Waals surface area contributed by atoms with Crippen molar-refractivity contribution in [2.45, 2.75) is 25.8 Å². The molecule has 1 aromatic carbocycles. The Morgan fingerprint density at radius 2 is 2.12 bits per heavy atom. The molecule has 0 saturated carbocycles. The number of hydrogen-bond acceptors (Lipinski definition) is 5. The van der Waals surface area contributed by atoms with Gasteiger partial charge in [0.2, 0.25) is 0 Å². The lowest BCUT2D eigenvalue weighted by molar-refractivity contribution is -0.113. The zero-order valence-corrected chi connectivity index (χ0v) is 15.6. The van der Waals surface area contributed by atoms with Gasteiger partial charge in [-0.2, -0.15) is 0 Å². The SMILES string of the molecule is COCC(C)N1C(=O)/C(=C2/COCCN2)c2cc(N3CCCC3)ccc21. The average molecular weight is 357 g/mol. The summed E-state index contributed by atoms with van der Waals surface area (Å²) in [6.45, 7) is 6.58. The van der Waals surface area contributed by atoms with Crippen molar-refractivity contribution in [3.8, 4) is 0 Å².